The predicted octanol–water partition coefficient (Wildman–Crippen LogP) is 2.05. The maximum absolute atomic E-state index is 11.0. The first kappa shape index (κ1) is 12.6. The van der Waals surface area contributed by atoms with Crippen molar-refractivity contribution >= 4 is 5.97 Å². The van der Waals surface area contributed by atoms with Crippen molar-refractivity contribution in [2.75, 3.05) is 13.1 Å². The van der Waals surface area contributed by atoms with Crippen molar-refractivity contribution in [3.63, 3.8) is 0 Å². The summed E-state index contributed by atoms with van der Waals surface area (Å²) in [4.78, 5) is 13.0. The summed E-state index contributed by atoms with van der Waals surface area (Å²) in [5.74, 6) is -1.11. The summed E-state index contributed by atoms with van der Waals surface area (Å²) in [6, 6.07) is 11.5. The van der Waals surface area contributed by atoms with Crippen molar-refractivity contribution in [1.29, 1.82) is 5.26 Å². The van der Waals surface area contributed by atoms with Crippen molar-refractivity contribution < 1.29 is 9.90 Å². The Balaban J connectivity index is 2.14. The first-order chi connectivity index (χ1) is 8.72. The zero-order chi connectivity index (χ0) is 13.0. The molecule has 0 spiro atoms. The molecule has 1 N–H and O–H groups in total. The molecule has 0 radical (unpaired) electrons. The molecule has 94 valence electrons. The van der Waals surface area contributed by atoms with Crippen LogP contribution in [0.5, 0.6) is 0 Å². The average Bonchev–Trinajstić information content (AvgIpc) is 2.41. The van der Waals surface area contributed by atoms with Crippen LogP contribution in [0.3, 0.4) is 0 Å². The Kier molecular flexibility index (Phi) is 3.96. The lowest BCUT2D eigenvalue weighted by atomic mass is 9.95. The lowest BCUT2D eigenvalue weighted by molar-refractivity contribution is -0.143. The van der Waals surface area contributed by atoms with Crippen LogP contribution in [0.4, 0.5) is 0 Å². The first-order valence-corrected chi connectivity index (χ1v) is 6.14. The molecule has 0 aromatic heterocycles. The minimum Gasteiger partial charge on any atom is -0.481 e. The molecule has 0 bridgehead atoms. The Morgan fingerprint density at radius 2 is 2.17 bits per heavy atom. The maximum Gasteiger partial charge on any atom is 0.307 e. The number of hydrogen-bond acceptors (Lipinski definition) is 3. The Morgan fingerprint density at radius 1 is 1.44 bits per heavy atom. The number of nitrogens with zero attached hydrogens (tertiary/aromatic N) is 2. The van der Waals surface area contributed by atoms with Crippen LogP contribution in [-0.4, -0.2) is 29.1 Å². The second-order valence-corrected chi connectivity index (χ2v) is 4.61. The summed E-state index contributed by atoms with van der Waals surface area (Å²) in [6.45, 7) is 1.25. The van der Waals surface area contributed by atoms with Crippen molar-refractivity contribution in [3.8, 4) is 6.07 Å². The quantitative estimate of drug-likeness (QED) is 0.883. The minimum absolute atomic E-state index is 0.339. The molecule has 18 heavy (non-hydrogen) atoms. The fourth-order valence-corrected chi connectivity index (χ4v) is 2.44. The van der Waals surface area contributed by atoms with Crippen LogP contribution in [0.25, 0.3) is 0 Å². The molecule has 1 aromatic carbocycles. The van der Waals surface area contributed by atoms with E-state index in [2.05, 4.69) is 6.07 Å². The number of hydrogen-bond donors (Lipinski definition) is 1. The van der Waals surface area contributed by atoms with Crippen molar-refractivity contribution in [1.82, 2.24) is 4.90 Å². The van der Waals surface area contributed by atoms with Gasteiger partial charge >= 0.3 is 5.97 Å². The van der Waals surface area contributed by atoms with E-state index in [0.717, 1.165) is 18.5 Å². The lowest BCUT2D eigenvalue weighted by Crippen LogP contribution is -2.40. The summed E-state index contributed by atoms with van der Waals surface area (Å²) in [5, 5.41) is 18.4. The van der Waals surface area contributed by atoms with Gasteiger partial charge in [0.1, 0.15) is 6.04 Å². The van der Waals surface area contributed by atoms with Gasteiger partial charge in [0.2, 0.25) is 0 Å². The highest BCUT2D eigenvalue weighted by molar-refractivity contribution is 5.70. The molecule has 4 nitrogen and oxygen atoms in total. The summed E-state index contributed by atoms with van der Waals surface area (Å²) in [5.41, 5.74) is 0.936. The molecule has 4 heteroatoms. The summed E-state index contributed by atoms with van der Waals surface area (Å²) in [7, 11) is 0. The Labute approximate surface area is 106 Å². The van der Waals surface area contributed by atoms with Crippen LogP contribution >= 0.6 is 0 Å². The van der Waals surface area contributed by atoms with Crippen LogP contribution < -0.4 is 0 Å². The molecule has 2 unspecified atom stereocenters. The van der Waals surface area contributed by atoms with Crippen LogP contribution in [0.15, 0.2) is 30.3 Å². The molecular weight excluding hydrogens is 228 g/mol. The first-order valence-electron chi connectivity index (χ1n) is 6.14. The number of aliphatic carboxylic acids is 1. The van der Waals surface area contributed by atoms with Gasteiger partial charge in [0.25, 0.3) is 0 Å². The Morgan fingerprint density at radius 3 is 2.78 bits per heavy atom. The van der Waals surface area contributed by atoms with Gasteiger partial charge in [0.15, 0.2) is 0 Å². The van der Waals surface area contributed by atoms with Gasteiger partial charge in [0.05, 0.1) is 12.0 Å². The highest BCUT2D eigenvalue weighted by Gasteiger charge is 2.30. The van der Waals surface area contributed by atoms with E-state index in [4.69, 9.17) is 5.11 Å². The van der Waals surface area contributed by atoms with Crippen LogP contribution in [0, 0.1) is 17.2 Å². The molecule has 1 heterocycles. The highest BCUT2D eigenvalue weighted by Crippen LogP contribution is 2.26. The van der Waals surface area contributed by atoms with E-state index in [1.165, 1.54) is 0 Å². The molecule has 1 saturated heterocycles. The van der Waals surface area contributed by atoms with Gasteiger partial charge in [-0.15, -0.1) is 0 Å². The number of carbonyl (C=O) groups is 1. The molecule has 1 aliphatic rings. The number of piperidine rings is 1. The van der Waals surface area contributed by atoms with Crippen LogP contribution in [0.1, 0.15) is 24.4 Å². The molecule has 2 rings (SSSR count). The van der Waals surface area contributed by atoms with Gasteiger partial charge in [-0.25, -0.2) is 0 Å². The fourth-order valence-electron chi connectivity index (χ4n) is 2.44. The number of likely N-dealkylation sites (tertiary alicyclic amines) is 1. The molecule has 0 saturated carbocycles. The second kappa shape index (κ2) is 5.65. The molecule has 0 amide bonds. The number of carboxylic acid groups (broad SMARTS) is 1. The zero-order valence-electron chi connectivity index (χ0n) is 10.1. The van der Waals surface area contributed by atoms with E-state index >= 15 is 0 Å². The molecule has 0 aliphatic carbocycles. The third-order valence-corrected chi connectivity index (χ3v) is 3.40. The number of carboxylic acids is 1. The van der Waals surface area contributed by atoms with Crippen LogP contribution in [0.2, 0.25) is 0 Å². The van der Waals surface area contributed by atoms with Crippen molar-refractivity contribution in [3.05, 3.63) is 35.9 Å². The van der Waals surface area contributed by atoms with E-state index in [0.29, 0.717) is 13.0 Å². The number of rotatable bonds is 3. The third kappa shape index (κ3) is 2.69. The van der Waals surface area contributed by atoms with E-state index in [9.17, 15) is 10.1 Å². The molecule has 1 aromatic rings. The summed E-state index contributed by atoms with van der Waals surface area (Å²) < 4.78 is 0. The van der Waals surface area contributed by atoms with E-state index < -0.39 is 5.97 Å². The average molecular weight is 244 g/mol. The number of benzene rings is 1. The van der Waals surface area contributed by atoms with E-state index in [1.54, 1.807) is 0 Å². The SMILES string of the molecule is N#CC(c1ccccc1)N1CCCC(C(=O)O)C1. The zero-order valence-corrected chi connectivity index (χ0v) is 10.1. The predicted molar refractivity (Wildman–Crippen MR) is 66.7 cm³/mol. The van der Waals surface area contributed by atoms with Crippen molar-refractivity contribution in [2.45, 2.75) is 18.9 Å². The van der Waals surface area contributed by atoms with Gasteiger partial charge in [-0.2, -0.15) is 5.26 Å². The molecule has 1 fully saturated rings. The summed E-state index contributed by atoms with van der Waals surface area (Å²) >= 11 is 0. The topological polar surface area (TPSA) is 64.3 Å². The van der Waals surface area contributed by atoms with Gasteiger partial charge in [-0.1, -0.05) is 30.3 Å². The number of nitriles is 1. The van der Waals surface area contributed by atoms with Crippen LogP contribution in [-0.2, 0) is 4.79 Å². The van der Waals surface area contributed by atoms with Crippen molar-refractivity contribution in [2.24, 2.45) is 5.92 Å². The smallest absolute Gasteiger partial charge is 0.307 e. The Bertz CT molecular complexity index is 453. The largest absolute Gasteiger partial charge is 0.481 e. The van der Waals surface area contributed by atoms with Gasteiger partial charge in [0, 0.05) is 6.54 Å². The summed E-state index contributed by atoms with van der Waals surface area (Å²) in [6.07, 6.45) is 1.54. The van der Waals surface area contributed by atoms with Gasteiger partial charge in [-0.05, 0) is 24.9 Å². The Hall–Kier alpha value is -1.86. The molecule has 2 atom stereocenters. The van der Waals surface area contributed by atoms with E-state index in [1.807, 2.05) is 35.2 Å². The molecular formula is C14H16N2O2. The van der Waals surface area contributed by atoms with E-state index in [-0.39, 0.29) is 12.0 Å². The second-order valence-electron chi connectivity index (χ2n) is 4.61. The van der Waals surface area contributed by atoms with Gasteiger partial charge < -0.3 is 5.11 Å². The highest BCUT2D eigenvalue weighted by atomic mass is 16.4. The molecule has 1 aliphatic heterocycles. The normalized spacial score (nSPS) is 22.1. The minimum atomic E-state index is -0.760. The monoisotopic (exact) mass is 244 g/mol. The standard InChI is InChI=1S/C14H16N2O2/c15-9-13(11-5-2-1-3-6-11)16-8-4-7-12(10-16)14(17)18/h1-3,5-6,12-13H,4,7-8,10H2,(H,17,18). The fraction of sp³-hybridized carbons (Fsp3) is 0.429. The third-order valence-electron chi connectivity index (χ3n) is 3.40. The maximum atomic E-state index is 11.0. The lowest BCUT2D eigenvalue weighted by Gasteiger charge is -2.33. The van der Waals surface area contributed by atoms with Gasteiger partial charge in [-0.3, -0.25) is 9.69 Å².